The molecular weight excluding hydrogens is 992 g/mol. The number of halogens is 9. The summed E-state index contributed by atoms with van der Waals surface area (Å²) < 4.78 is 165. The topological polar surface area (TPSA) is 116 Å². The molecule has 0 N–H and O–H groups in total. The molecule has 2 aromatic heterocycles. The van der Waals surface area contributed by atoms with Crippen molar-refractivity contribution in [2.24, 2.45) is 5.92 Å². The molecule has 6 rings (SSSR count). The summed E-state index contributed by atoms with van der Waals surface area (Å²) in [5.74, 6) is -2.43. The van der Waals surface area contributed by atoms with Crippen LogP contribution in [0.25, 0.3) is 44.2 Å². The first-order valence-corrected chi connectivity index (χ1v) is 24.3. The van der Waals surface area contributed by atoms with Crippen molar-refractivity contribution in [2.75, 3.05) is 26.4 Å². The van der Waals surface area contributed by atoms with Crippen molar-refractivity contribution in [1.29, 1.82) is 0 Å². The van der Waals surface area contributed by atoms with E-state index in [-0.39, 0.29) is 71.0 Å². The van der Waals surface area contributed by atoms with Crippen LogP contribution in [0.1, 0.15) is 89.2 Å². The highest BCUT2D eigenvalue weighted by Gasteiger charge is 2.41. The number of fused-ring (bicyclic) bond motifs is 2. The van der Waals surface area contributed by atoms with Crippen molar-refractivity contribution < 1.29 is 76.8 Å². The highest BCUT2D eigenvalue weighted by Crippen LogP contribution is 2.38. The normalized spacial score (nSPS) is 12.6. The highest BCUT2D eigenvalue weighted by atomic mass is 19.4. The molecule has 0 spiro atoms. The van der Waals surface area contributed by atoms with E-state index < -0.39 is 66.9 Å². The average molecular weight is 1050 g/mol. The van der Waals surface area contributed by atoms with E-state index in [1.54, 1.807) is 36.4 Å². The second-order valence-electron chi connectivity index (χ2n) is 17.6. The van der Waals surface area contributed by atoms with Crippen LogP contribution < -0.4 is 30.2 Å². The minimum Gasteiger partial charge on any atom is -0.501 e. The fourth-order valence-corrected chi connectivity index (χ4v) is 8.19. The van der Waals surface area contributed by atoms with Crippen molar-refractivity contribution in [1.82, 2.24) is 0 Å². The minimum atomic E-state index is -5.01. The molecule has 0 aliphatic rings. The largest absolute Gasteiger partial charge is 0.573 e. The van der Waals surface area contributed by atoms with Gasteiger partial charge in [-0.25, -0.2) is 9.59 Å². The molecule has 400 valence electrons. The molecule has 10 nitrogen and oxygen atoms in total. The lowest BCUT2D eigenvalue weighted by Gasteiger charge is -2.24. The number of benzene rings is 4. The molecule has 0 fully saturated rings. The molecule has 0 bridgehead atoms. The predicted octanol–water partition coefficient (Wildman–Crippen LogP) is 15.2. The lowest BCUT2D eigenvalue weighted by Crippen LogP contribution is -2.33. The fraction of sp³-hybridized carbons (Fsp3) is 0.418. The van der Waals surface area contributed by atoms with Crippen molar-refractivity contribution in [2.45, 2.75) is 116 Å². The van der Waals surface area contributed by atoms with Crippen LogP contribution in [0.15, 0.2) is 116 Å². The molecule has 1 atom stereocenters. The van der Waals surface area contributed by atoms with Gasteiger partial charge in [-0.05, 0) is 111 Å². The summed E-state index contributed by atoms with van der Waals surface area (Å²) in [5, 5.41) is 0.780. The third kappa shape index (κ3) is 17.0. The van der Waals surface area contributed by atoms with Crippen LogP contribution in [0.2, 0.25) is 0 Å². The maximum atomic E-state index is 13.9. The quantitative estimate of drug-likeness (QED) is 0.0204. The Morgan fingerprint density at radius 3 is 1.42 bits per heavy atom. The number of hydrogen-bond acceptors (Lipinski definition) is 10. The van der Waals surface area contributed by atoms with Gasteiger partial charge in [0, 0.05) is 34.0 Å². The molecular formula is C55H57F9O10. The van der Waals surface area contributed by atoms with Crippen molar-refractivity contribution in [3.63, 3.8) is 0 Å². The van der Waals surface area contributed by atoms with Crippen molar-refractivity contribution in [3.05, 3.63) is 130 Å². The van der Waals surface area contributed by atoms with Crippen molar-refractivity contribution in [3.8, 4) is 45.3 Å². The zero-order chi connectivity index (χ0) is 53.5. The van der Waals surface area contributed by atoms with Gasteiger partial charge in [-0.1, -0.05) is 70.4 Å². The first kappa shape index (κ1) is 56.7. The molecule has 0 aliphatic heterocycles. The van der Waals surface area contributed by atoms with E-state index in [0.29, 0.717) is 47.6 Å². The third-order valence-corrected chi connectivity index (χ3v) is 12.0. The van der Waals surface area contributed by atoms with Gasteiger partial charge in [0.15, 0.2) is 0 Å². The molecule has 4 aromatic carbocycles. The molecule has 0 saturated carbocycles. The number of rotatable bonds is 28. The Morgan fingerprint density at radius 2 is 1.01 bits per heavy atom. The van der Waals surface area contributed by atoms with Gasteiger partial charge in [0.2, 0.25) is 0 Å². The molecule has 0 aliphatic carbocycles. The smallest absolute Gasteiger partial charge is 0.501 e. The third-order valence-electron chi connectivity index (χ3n) is 12.0. The Balaban J connectivity index is 1.09. The number of ether oxygens (including phenoxy) is 6. The van der Waals surface area contributed by atoms with E-state index in [2.05, 4.69) is 16.1 Å². The predicted molar refractivity (Wildman–Crippen MR) is 261 cm³/mol. The van der Waals surface area contributed by atoms with Gasteiger partial charge in [0.1, 0.15) is 46.7 Å². The number of unbranched alkanes of at least 4 members (excludes halogenated alkanes) is 4. The van der Waals surface area contributed by atoms with Gasteiger partial charge >= 0.3 is 30.2 Å². The number of aryl methyl sites for hydroxylation is 2. The maximum absolute atomic E-state index is 13.9. The summed E-state index contributed by atoms with van der Waals surface area (Å²) >= 11 is 0. The highest BCUT2D eigenvalue weighted by molar-refractivity contribution is 5.85. The maximum Gasteiger partial charge on any atom is 0.573 e. The molecule has 2 heterocycles. The van der Waals surface area contributed by atoms with Gasteiger partial charge in [-0.2, -0.15) is 13.2 Å². The monoisotopic (exact) mass is 1050 g/mol. The molecule has 19 heteroatoms. The van der Waals surface area contributed by atoms with E-state index in [1.165, 1.54) is 48.5 Å². The van der Waals surface area contributed by atoms with E-state index >= 15 is 0 Å². The van der Waals surface area contributed by atoms with E-state index in [4.69, 9.17) is 27.8 Å². The lowest BCUT2D eigenvalue weighted by atomic mass is 10.00. The Kier molecular flexibility index (Phi) is 19.9. The van der Waals surface area contributed by atoms with Crippen LogP contribution in [0.3, 0.4) is 0 Å². The van der Waals surface area contributed by atoms with E-state index in [1.807, 2.05) is 13.8 Å². The molecule has 1 unspecified atom stereocenters. The van der Waals surface area contributed by atoms with E-state index in [9.17, 15) is 49.1 Å². The summed E-state index contributed by atoms with van der Waals surface area (Å²) in [6, 6.07) is 20.6. The molecule has 6 aromatic rings. The second kappa shape index (κ2) is 26.0. The molecule has 0 radical (unpaired) electrons. The standard InChI is InChI=1S/C55H57F9O10/c1-4-7-9-13-35-17-23-43(49(27-35)73-54(59,60)61)45-29-37-19-21-41(31-47(37)71-51(45)65)68-25-11-15-40(70-34-39(33-67-6-3)53(56,57)58)16-12-26-69-42-22-20-38-30-46(52(66)72-48(38)32-42)44-24-18-36(14-10-8-5-2)28-50(44)74-55(62,63)64/h6,17-24,27-32,39-40H,3-5,7-16,25-26,33-34H2,1-2H3. The van der Waals surface area contributed by atoms with Crippen LogP contribution in [-0.2, 0) is 22.3 Å². The summed E-state index contributed by atoms with van der Waals surface area (Å²) in [6.07, 6.45) is -7.09. The number of alkyl halides is 9. The summed E-state index contributed by atoms with van der Waals surface area (Å²) in [4.78, 5) is 26.4. The second-order valence-corrected chi connectivity index (χ2v) is 17.6. The van der Waals surface area contributed by atoms with Crippen LogP contribution in [0.5, 0.6) is 23.0 Å². The van der Waals surface area contributed by atoms with Crippen LogP contribution in [0, 0.1) is 5.92 Å². The van der Waals surface area contributed by atoms with E-state index in [0.717, 1.165) is 44.8 Å². The van der Waals surface area contributed by atoms with Gasteiger partial charge in [-0.3, -0.25) is 0 Å². The van der Waals surface area contributed by atoms with Crippen LogP contribution in [-0.4, -0.2) is 51.4 Å². The van der Waals surface area contributed by atoms with Gasteiger partial charge in [0.05, 0.1) is 43.3 Å². The average Bonchev–Trinajstić information content (AvgIpc) is 3.32. The Hall–Kier alpha value is -6.63. The summed E-state index contributed by atoms with van der Waals surface area (Å²) in [7, 11) is 0. The molecule has 0 saturated heterocycles. The SMILES string of the molecule is C=COCC(COC(CCCOc1ccc2cc(-c3ccc(CCCCC)cc3OC(F)(F)F)c(=O)oc2c1)CCCOc1ccc2cc(-c3ccc(CCCCC)cc3OC(F)(F)F)c(=O)oc2c1)C(F)(F)F. The first-order chi connectivity index (χ1) is 35.2. The minimum absolute atomic E-state index is 0.0697. The first-order valence-electron chi connectivity index (χ1n) is 24.3. The van der Waals surface area contributed by atoms with Gasteiger partial charge in [0.25, 0.3) is 0 Å². The lowest BCUT2D eigenvalue weighted by molar-refractivity contribution is -0.275. The Bertz CT molecular complexity index is 2730. The summed E-state index contributed by atoms with van der Waals surface area (Å²) in [6.45, 7) is 6.06. The fourth-order valence-electron chi connectivity index (χ4n) is 8.19. The Labute approximate surface area is 421 Å². The Morgan fingerprint density at radius 1 is 0.554 bits per heavy atom. The summed E-state index contributed by atoms with van der Waals surface area (Å²) in [5.41, 5.74) is -0.828. The zero-order valence-corrected chi connectivity index (χ0v) is 40.8. The number of hydrogen-bond donors (Lipinski definition) is 0. The van der Waals surface area contributed by atoms with Gasteiger partial charge in [-0.15, -0.1) is 26.3 Å². The molecule has 74 heavy (non-hydrogen) atoms. The van der Waals surface area contributed by atoms with Crippen LogP contribution in [0.4, 0.5) is 39.5 Å². The molecule has 0 amide bonds. The van der Waals surface area contributed by atoms with Crippen molar-refractivity contribution >= 4 is 21.9 Å². The van der Waals surface area contributed by atoms with Gasteiger partial charge < -0.3 is 37.3 Å². The van der Waals surface area contributed by atoms with Crippen LogP contribution >= 0.6 is 0 Å². The zero-order valence-electron chi connectivity index (χ0n) is 40.8.